The summed E-state index contributed by atoms with van der Waals surface area (Å²) >= 11 is 0. The predicted octanol–water partition coefficient (Wildman–Crippen LogP) is 2.33. The fourth-order valence-corrected chi connectivity index (χ4v) is 2.40. The molecule has 0 heterocycles. The SMILES string of the molecule is Cc1ccc(S(=O)C[C@@H](N)C(F)(F)C(F)F)cc1. The molecule has 2 nitrogen and oxygen atoms in total. The summed E-state index contributed by atoms with van der Waals surface area (Å²) in [7, 11) is -1.82. The van der Waals surface area contributed by atoms with E-state index in [1.54, 1.807) is 12.1 Å². The average molecular weight is 283 g/mol. The first-order valence-electron chi connectivity index (χ1n) is 5.11. The Morgan fingerprint density at radius 1 is 1.28 bits per heavy atom. The summed E-state index contributed by atoms with van der Waals surface area (Å²) in [4.78, 5) is 0.293. The minimum absolute atomic E-state index is 0.293. The van der Waals surface area contributed by atoms with Crippen LogP contribution >= 0.6 is 0 Å². The minimum atomic E-state index is -4.33. The van der Waals surface area contributed by atoms with E-state index in [-0.39, 0.29) is 0 Å². The zero-order chi connectivity index (χ0) is 13.9. The molecule has 18 heavy (non-hydrogen) atoms. The van der Waals surface area contributed by atoms with Gasteiger partial charge in [0.1, 0.15) is 0 Å². The van der Waals surface area contributed by atoms with Crippen molar-refractivity contribution < 1.29 is 21.8 Å². The number of rotatable bonds is 5. The summed E-state index contributed by atoms with van der Waals surface area (Å²) in [5, 5.41) is 0. The van der Waals surface area contributed by atoms with Crippen LogP contribution in [-0.4, -0.2) is 28.4 Å². The summed E-state index contributed by atoms with van der Waals surface area (Å²) in [6, 6.07) is 4.17. The summed E-state index contributed by atoms with van der Waals surface area (Å²) in [5.74, 6) is -5.04. The third-order valence-electron chi connectivity index (χ3n) is 2.40. The van der Waals surface area contributed by atoms with Crippen molar-refractivity contribution in [1.82, 2.24) is 0 Å². The molecule has 1 unspecified atom stereocenters. The van der Waals surface area contributed by atoms with Gasteiger partial charge in [0.2, 0.25) is 0 Å². The lowest BCUT2D eigenvalue weighted by Crippen LogP contribution is -2.49. The average Bonchev–Trinajstić information content (AvgIpc) is 2.29. The molecule has 0 aliphatic carbocycles. The molecule has 0 bridgehead atoms. The highest BCUT2D eigenvalue weighted by Crippen LogP contribution is 2.26. The maximum absolute atomic E-state index is 12.9. The van der Waals surface area contributed by atoms with Crippen molar-refractivity contribution in [3.8, 4) is 0 Å². The maximum Gasteiger partial charge on any atom is 0.323 e. The number of hydrogen-bond acceptors (Lipinski definition) is 2. The highest BCUT2D eigenvalue weighted by Gasteiger charge is 2.47. The van der Waals surface area contributed by atoms with E-state index in [1.165, 1.54) is 12.1 Å². The first kappa shape index (κ1) is 15.1. The van der Waals surface area contributed by atoms with Crippen LogP contribution < -0.4 is 5.73 Å². The van der Waals surface area contributed by atoms with Gasteiger partial charge in [-0.15, -0.1) is 0 Å². The third kappa shape index (κ3) is 3.52. The van der Waals surface area contributed by atoms with Crippen molar-refractivity contribution in [1.29, 1.82) is 0 Å². The van der Waals surface area contributed by atoms with E-state index in [0.29, 0.717) is 4.90 Å². The second-order valence-electron chi connectivity index (χ2n) is 3.91. The molecular weight excluding hydrogens is 270 g/mol. The monoisotopic (exact) mass is 283 g/mol. The van der Waals surface area contributed by atoms with Gasteiger partial charge in [-0.3, -0.25) is 4.21 Å². The van der Waals surface area contributed by atoms with E-state index < -0.39 is 34.9 Å². The molecule has 7 heteroatoms. The summed E-state index contributed by atoms with van der Waals surface area (Å²) in [6.07, 6.45) is -3.86. The molecule has 0 spiro atoms. The molecule has 2 N–H and O–H groups in total. The molecule has 0 saturated carbocycles. The van der Waals surface area contributed by atoms with E-state index in [1.807, 2.05) is 6.92 Å². The Kier molecular flexibility index (Phi) is 4.86. The van der Waals surface area contributed by atoms with Gasteiger partial charge in [-0.1, -0.05) is 17.7 Å². The number of halogens is 4. The van der Waals surface area contributed by atoms with Gasteiger partial charge in [-0.2, -0.15) is 8.78 Å². The van der Waals surface area contributed by atoms with Gasteiger partial charge in [0, 0.05) is 10.6 Å². The van der Waals surface area contributed by atoms with Crippen molar-refractivity contribution in [2.75, 3.05) is 5.75 Å². The van der Waals surface area contributed by atoms with Crippen LogP contribution in [0.5, 0.6) is 0 Å². The Hall–Kier alpha value is -0.950. The summed E-state index contributed by atoms with van der Waals surface area (Å²) in [6.45, 7) is 1.81. The van der Waals surface area contributed by atoms with Crippen LogP contribution in [0.4, 0.5) is 17.6 Å². The molecule has 1 rings (SSSR count). The highest BCUT2D eigenvalue weighted by molar-refractivity contribution is 7.85. The van der Waals surface area contributed by atoms with E-state index in [9.17, 15) is 21.8 Å². The number of benzene rings is 1. The fourth-order valence-electron chi connectivity index (χ4n) is 1.22. The van der Waals surface area contributed by atoms with Gasteiger partial charge >= 0.3 is 12.3 Å². The van der Waals surface area contributed by atoms with Crippen molar-refractivity contribution in [2.24, 2.45) is 5.73 Å². The van der Waals surface area contributed by atoms with E-state index in [0.717, 1.165) is 5.56 Å². The quantitative estimate of drug-likeness (QED) is 0.843. The molecular formula is C11H13F4NOS. The highest BCUT2D eigenvalue weighted by atomic mass is 32.2. The molecule has 0 aromatic heterocycles. The Balaban J connectivity index is 2.73. The third-order valence-corrected chi connectivity index (χ3v) is 3.86. The second-order valence-corrected chi connectivity index (χ2v) is 5.40. The van der Waals surface area contributed by atoms with Gasteiger partial charge in [-0.25, -0.2) is 8.78 Å². The van der Waals surface area contributed by atoms with E-state index in [4.69, 9.17) is 5.73 Å². The normalized spacial score (nSPS) is 15.7. The lowest BCUT2D eigenvalue weighted by atomic mass is 10.2. The zero-order valence-electron chi connectivity index (χ0n) is 9.58. The lowest BCUT2D eigenvalue weighted by molar-refractivity contribution is -0.139. The first-order chi connectivity index (χ1) is 8.25. The molecule has 102 valence electrons. The standard InChI is InChI=1S/C11H13F4NOS/c1-7-2-4-8(5-3-7)18(17)6-9(16)11(14,15)10(12)13/h2-5,9-10H,6,16H2,1H3/t9-,18?/m1/s1. The number of aryl methyl sites for hydroxylation is 1. The lowest BCUT2D eigenvalue weighted by Gasteiger charge is -2.22. The number of nitrogens with two attached hydrogens (primary N) is 1. The molecule has 0 fully saturated rings. The number of alkyl halides is 4. The Labute approximate surface area is 105 Å². The predicted molar refractivity (Wildman–Crippen MR) is 61.4 cm³/mol. The topological polar surface area (TPSA) is 43.1 Å². The van der Waals surface area contributed by atoms with E-state index >= 15 is 0 Å². The van der Waals surface area contributed by atoms with Crippen molar-refractivity contribution in [3.05, 3.63) is 29.8 Å². The largest absolute Gasteiger partial charge is 0.323 e. The van der Waals surface area contributed by atoms with Crippen LogP contribution in [0.15, 0.2) is 29.2 Å². The van der Waals surface area contributed by atoms with Crippen LogP contribution in [-0.2, 0) is 10.8 Å². The van der Waals surface area contributed by atoms with Crippen LogP contribution in [0.25, 0.3) is 0 Å². The van der Waals surface area contributed by atoms with Crippen molar-refractivity contribution in [2.45, 2.75) is 30.2 Å². The molecule has 1 aromatic carbocycles. The molecule has 0 aliphatic heterocycles. The van der Waals surface area contributed by atoms with Gasteiger partial charge < -0.3 is 5.73 Å². The van der Waals surface area contributed by atoms with Gasteiger partial charge in [0.15, 0.2) is 0 Å². The minimum Gasteiger partial charge on any atom is -0.322 e. The Morgan fingerprint density at radius 3 is 2.22 bits per heavy atom. The van der Waals surface area contributed by atoms with Crippen LogP contribution in [0, 0.1) is 6.92 Å². The van der Waals surface area contributed by atoms with Gasteiger partial charge in [0.25, 0.3) is 0 Å². The number of hydrogen-bond donors (Lipinski definition) is 1. The molecule has 0 aliphatic rings. The van der Waals surface area contributed by atoms with Crippen LogP contribution in [0.3, 0.4) is 0 Å². The van der Waals surface area contributed by atoms with E-state index in [2.05, 4.69) is 0 Å². The Bertz CT molecular complexity index is 422. The smallest absolute Gasteiger partial charge is 0.322 e. The first-order valence-corrected chi connectivity index (χ1v) is 6.43. The summed E-state index contributed by atoms with van der Waals surface area (Å²) in [5.41, 5.74) is 5.91. The van der Waals surface area contributed by atoms with Crippen LogP contribution in [0.1, 0.15) is 5.56 Å². The molecule has 0 amide bonds. The van der Waals surface area contributed by atoms with Crippen LogP contribution in [0.2, 0.25) is 0 Å². The Morgan fingerprint density at radius 2 is 1.78 bits per heavy atom. The molecule has 1 aromatic rings. The van der Waals surface area contributed by atoms with Crippen molar-refractivity contribution >= 4 is 10.8 Å². The maximum atomic E-state index is 12.9. The zero-order valence-corrected chi connectivity index (χ0v) is 10.4. The fraction of sp³-hybridized carbons (Fsp3) is 0.455. The molecule has 0 saturated heterocycles. The van der Waals surface area contributed by atoms with Gasteiger partial charge in [0.05, 0.1) is 16.8 Å². The summed E-state index contributed by atoms with van der Waals surface area (Å²) < 4.78 is 61.5. The molecule has 0 radical (unpaired) electrons. The molecule has 2 atom stereocenters. The second kappa shape index (κ2) is 5.79. The van der Waals surface area contributed by atoms with Crippen molar-refractivity contribution in [3.63, 3.8) is 0 Å². The van der Waals surface area contributed by atoms with Gasteiger partial charge in [-0.05, 0) is 19.1 Å².